The van der Waals surface area contributed by atoms with Gasteiger partial charge in [-0.05, 0) is 24.3 Å². The molecule has 0 bridgehead atoms. The van der Waals surface area contributed by atoms with E-state index in [0.717, 1.165) is 15.8 Å². The van der Waals surface area contributed by atoms with Crippen LogP contribution in [0.2, 0.25) is 4.34 Å². The van der Waals surface area contributed by atoms with Gasteiger partial charge in [-0.25, -0.2) is 4.98 Å². The number of nitrogens with zero attached hydrogens (tertiary/aromatic N) is 1. The van der Waals surface area contributed by atoms with Crippen LogP contribution in [0.5, 0.6) is 0 Å². The number of esters is 1. The zero-order valence-electron chi connectivity index (χ0n) is 13.4. The van der Waals surface area contributed by atoms with Crippen LogP contribution in [0.4, 0.5) is 0 Å². The first-order chi connectivity index (χ1) is 12.1. The Morgan fingerprint density at radius 3 is 2.76 bits per heavy atom. The lowest BCUT2D eigenvalue weighted by molar-refractivity contribution is -0.140. The van der Waals surface area contributed by atoms with Crippen molar-refractivity contribution in [3.63, 3.8) is 0 Å². The maximum Gasteiger partial charge on any atom is 0.307 e. The van der Waals surface area contributed by atoms with Crippen LogP contribution in [0.15, 0.2) is 42.5 Å². The topological polar surface area (TPSA) is 68.3 Å². The molecule has 0 aliphatic heterocycles. The predicted octanol–water partition coefficient (Wildman–Crippen LogP) is 3.91. The fraction of sp³-hybridized carbons (Fsp3) is 0.167. The van der Waals surface area contributed by atoms with E-state index >= 15 is 0 Å². The average Bonchev–Trinajstić information content (AvgIpc) is 3.06. The number of carbonyl (C=O) groups excluding carboxylic acids is 2. The molecule has 2 aromatic heterocycles. The number of benzene rings is 1. The van der Waals surface area contributed by atoms with Crippen molar-refractivity contribution in [2.24, 2.45) is 0 Å². The van der Waals surface area contributed by atoms with Gasteiger partial charge in [0.1, 0.15) is 0 Å². The zero-order chi connectivity index (χ0) is 17.8. The van der Waals surface area contributed by atoms with Crippen molar-refractivity contribution in [1.29, 1.82) is 0 Å². The highest BCUT2D eigenvalue weighted by Gasteiger charge is 2.15. The number of carbonyl (C=O) groups is 2. The Balaban J connectivity index is 1.95. The third-order valence-corrected chi connectivity index (χ3v) is 4.88. The summed E-state index contributed by atoms with van der Waals surface area (Å²) in [5.41, 5.74) is 1.92. The molecule has 0 fully saturated rings. The summed E-state index contributed by atoms with van der Waals surface area (Å²) in [5, 5.41) is 3.50. The predicted molar refractivity (Wildman–Crippen MR) is 99.0 cm³/mol. The third-order valence-electron chi connectivity index (χ3n) is 3.63. The molecule has 0 saturated carbocycles. The molecule has 1 amide bonds. The number of thiophene rings is 1. The number of rotatable bonds is 5. The van der Waals surface area contributed by atoms with Crippen LogP contribution in [0.25, 0.3) is 21.5 Å². The lowest BCUT2D eigenvalue weighted by atomic mass is 10.1. The van der Waals surface area contributed by atoms with E-state index in [9.17, 15) is 9.59 Å². The fourth-order valence-electron chi connectivity index (χ4n) is 2.42. The van der Waals surface area contributed by atoms with Gasteiger partial charge in [0.05, 0.1) is 39.5 Å². The molecule has 2 heterocycles. The van der Waals surface area contributed by atoms with Gasteiger partial charge in [-0.1, -0.05) is 29.8 Å². The van der Waals surface area contributed by atoms with Crippen LogP contribution >= 0.6 is 22.9 Å². The lowest BCUT2D eigenvalue weighted by Gasteiger charge is -2.09. The molecule has 0 radical (unpaired) electrons. The number of amides is 1. The Hall–Kier alpha value is -2.44. The summed E-state index contributed by atoms with van der Waals surface area (Å²) >= 11 is 7.42. The van der Waals surface area contributed by atoms with Crippen molar-refractivity contribution in [1.82, 2.24) is 10.3 Å². The molecule has 0 aliphatic carbocycles. The van der Waals surface area contributed by atoms with Gasteiger partial charge in [0, 0.05) is 11.9 Å². The minimum Gasteiger partial charge on any atom is -0.469 e. The third kappa shape index (κ3) is 3.97. The van der Waals surface area contributed by atoms with E-state index in [1.807, 2.05) is 30.3 Å². The zero-order valence-corrected chi connectivity index (χ0v) is 15.0. The Morgan fingerprint density at radius 2 is 2.04 bits per heavy atom. The number of halogens is 1. The number of ether oxygens (including phenoxy) is 1. The van der Waals surface area contributed by atoms with Crippen LogP contribution in [0, 0.1) is 0 Å². The molecule has 0 saturated heterocycles. The summed E-state index contributed by atoms with van der Waals surface area (Å²) in [6.45, 7) is 0.211. The molecule has 0 spiro atoms. The first kappa shape index (κ1) is 17.4. The number of hydrogen-bond donors (Lipinski definition) is 1. The number of hydrogen-bond acceptors (Lipinski definition) is 5. The Labute approximate surface area is 153 Å². The minimum absolute atomic E-state index is 0.124. The monoisotopic (exact) mass is 374 g/mol. The molecular formula is C18H15ClN2O3S. The summed E-state index contributed by atoms with van der Waals surface area (Å²) in [5.74, 6) is -0.625. The van der Waals surface area contributed by atoms with Gasteiger partial charge in [0.15, 0.2) is 0 Å². The highest BCUT2D eigenvalue weighted by Crippen LogP contribution is 2.32. The van der Waals surface area contributed by atoms with Gasteiger partial charge in [-0.3, -0.25) is 9.59 Å². The normalized spacial score (nSPS) is 10.6. The largest absolute Gasteiger partial charge is 0.469 e. The van der Waals surface area contributed by atoms with E-state index in [1.54, 1.807) is 12.1 Å². The smallest absolute Gasteiger partial charge is 0.307 e. The molecule has 0 atom stereocenters. The van der Waals surface area contributed by atoms with Gasteiger partial charge in [-0.2, -0.15) is 0 Å². The SMILES string of the molecule is COC(=O)CCNC(=O)c1cc(-c2ccc(Cl)s2)nc2ccccc12. The van der Waals surface area contributed by atoms with Gasteiger partial charge >= 0.3 is 5.97 Å². The highest BCUT2D eigenvalue weighted by molar-refractivity contribution is 7.19. The molecule has 128 valence electrons. The van der Waals surface area contributed by atoms with Gasteiger partial charge in [0.25, 0.3) is 5.91 Å². The van der Waals surface area contributed by atoms with E-state index in [1.165, 1.54) is 18.4 Å². The second-order valence-electron chi connectivity index (χ2n) is 5.26. The van der Waals surface area contributed by atoms with Crippen molar-refractivity contribution in [3.05, 3.63) is 52.4 Å². The van der Waals surface area contributed by atoms with Crippen molar-refractivity contribution in [2.75, 3.05) is 13.7 Å². The summed E-state index contributed by atoms with van der Waals surface area (Å²) in [4.78, 5) is 29.3. The molecule has 25 heavy (non-hydrogen) atoms. The Kier molecular flexibility index (Phi) is 5.31. The highest BCUT2D eigenvalue weighted by atomic mass is 35.5. The molecule has 3 rings (SSSR count). The molecule has 0 unspecified atom stereocenters. The standard InChI is InChI=1S/C18H15ClN2O3S/c1-24-17(22)8-9-20-18(23)12-10-14(15-6-7-16(19)25-15)21-13-5-3-2-4-11(12)13/h2-7,10H,8-9H2,1H3,(H,20,23). The second kappa shape index (κ2) is 7.63. The van der Waals surface area contributed by atoms with Crippen LogP contribution < -0.4 is 5.32 Å². The summed E-state index contributed by atoms with van der Waals surface area (Å²) in [6, 6.07) is 12.9. The summed E-state index contributed by atoms with van der Waals surface area (Å²) in [7, 11) is 1.32. The number of para-hydroxylation sites is 1. The summed E-state index contributed by atoms with van der Waals surface area (Å²) < 4.78 is 5.24. The minimum atomic E-state index is -0.367. The summed E-state index contributed by atoms with van der Waals surface area (Å²) in [6.07, 6.45) is 0.124. The molecule has 0 aliphatic rings. The first-order valence-corrected chi connectivity index (χ1v) is 8.78. The quantitative estimate of drug-likeness (QED) is 0.687. The molecule has 7 heteroatoms. The maximum atomic E-state index is 12.6. The number of pyridine rings is 1. The van der Waals surface area contributed by atoms with Crippen LogP contribution in [-0.2, 0) is 9.53 Å². The van der Waals surface area contributed by atoms with Crippen LogP contribution in [-0.4, -0.2) is 30.5 Å². The van der Waals surface area contributed by atoms with E-state index in [4.69, 9.17) is 11.6 Å². The van der Waals surface area contributed by atoms with Crippen molar-refractivity contribution >= 4 is 45.7 Å². The number of fused-ring (bicyclic) bond motifs is 1. The molecule has 1 aromatic carbocycles. The second-order valence-corrected chi connectivity index (χ2v) is 6.97. The number of nitrogens with one attached hydrogen (secondary N) is 1. The van der Waals surface area contributed by atoms with Crippen molar-refractivity contribution in [2.45, 2.75) is 6.42 Å². The van der Waals surface area contributed by atoms with E-state index in [2.05, 4.69) is 15.0 Å². The first-order valence-electron chi connectivity index (χ1n) is 7.59. The van der Waals surface area contributed by atoms with E-state index in [-0.39, 0.29) is 24.8 Å². The number of methoxy groups -OCH3 is 1. The van der Waals surface area contributed by atoms with Gasteiger partial charge < -0.3 is 10.1 Å². The molecule has 5 nitrogen and oxygen atoms in total. The maximum absolute atomic E-state index is 12.6. The van der Waals surface area contributed by atoms with E-state index in [0.29, 0.717) is 15.6 Å². The van der Waals surface area contributed by atoms with Crippen LogP contribution in [0.1, 0.15) is 16.8 Å². The Morgan fingerprint density at radius 1 is 1.24 bits per heavy atom. The molecular weight excluding hydrogens is 360 g/mol. The van der Waals surface area contributed by atoms with Gasteiger partial charge in [0.2, 0.25) is 0 Å². The van der Waals surface area contributed by atoms with Gasteiger partial charge in [-0.15, -0.1) is 11.3 Å². The van der Waals surface area contributed by atoms with Crippen LogP contribution in [0.3, 0.4) is 0 Å². The van der Waals surface area contributed by atoms with Crippen molar-refractivity contribution < 1.29 is 14.3 Å². The fourth-order valence-corrected chi connectivity index (χ4v) is 3.42. The molecule has 3 aromatic rings. The van der Waals surface area contributed by atoms with E-state index < -0.39 is 0 Å². The Bertz CT molecular complexity index is 939. The lowest BCUT2D eigenvalue weighted by Crippen LogP contribution is -2.26. The molecule has 1 N–H and O–H groups in total. The average molecular weight is 375 g/mol. The van der Waals surface area contributed by atoms with Crippen molar-refractivity contribution in [3.8, 4) is 10.6 Å². The number of aromatic nitrogens is 1.